The largest absolute Gasteiger partial charge is 0.451 e. The van der Waals surface area contributed by atoms with Crippen molar-refractivity contribution in [1.29, 1.82) is 0 Å². The van der Waals surface area contributed by atoms with Crippen LogP contribution in [0.5, 0.6) is 0 Å². The van der Waals surface area contributed by atoms with Crippen LogP contribution in [0.3, 0.4) is 0 Å². The SMILES string of the molecule is Cn1cnnc1CC1(c2cccc(CC(=O)c3cc(CN4CC[C@H](F)C4)nc(C(F)(F)F)n3)c2)COC1. The van der Waals surface area contributed by atoms with E-state index in [4.69, 9.17) is 4.74 Å². The summed E-state index contributed by atoms with van der Waals surface area (Å²) in [6.07, 6.45) is -3.41. The van der Waals surface area contributed by atoms with Crippen LogP contribution in [0.15, 0.2) is 36.7 Å². The monoisotopic (exact) mass is 518 g/mol. The molecule has 12 heteroatoms. The third-order valence-corrected chi connectivity index (χ3v) is 6.88. The maximum Gasteiger partial charge on any atom is 0.451 e. The van der Waals surface area contributed by atoms with E-state index < -0.39 is 24.0 Å². The highest BCUT2D eigenvalue weighted by Gasteiger charge is 2.42. The number of aromatic nitrogens is 5. The number of ether oxygens (including phenoxy) is 1. The Morgan fingerprint density at radius 1 is 1.22 bits per heavy atom. The summed E-state index contributed by atoms with van der Waals surface area (Å²) in [7, 11) is 1.86. The Hall–Kier alpha value is -3.25. The average molecular weight is 519 g/mol. The minimum absolute atomic E-state index is 0.0202. The molecule has 0 aliphatic carbocycles. The zero-order valence-electron chi connectivity index (χ0n) is 20.2. The molecule has 8 nitrogen and oxygen atoms in total. The first-order valence-electron chi connectivity index (χ1n) is 12.0. The molecule has 0 N–H and O–H groups in total. The Morgan fingerprint density at radius 3 is 2.65 bits per heavy atom. The fourth-order valence-corrected chi connectivity index (χ4v) is 4.78. The number of halogens is 4. The van der Waals surface area contributed by atoms with Crippen LogP contribution in [-0.2, 0) is 42.8 Å². The molecule has 1 atom stereocenters. The fourth-order valence-electron chi connectivity index (χ4n) is 4.78. The van der Waals surface area contributed by atoms with Gasteiger partial charge in [-0.2, -0.15) is 13.2 Å². The van der Waals surface area contributed by atoms with Gasteiger partial charge in [-0.25, -0.2) is 14.4 Å². The predicted octanol–water partition coefficient (Wildman–Crippen LogP) is 3.10. The molecule has 2 aliphatic rings. The van der Waals surface area contributed by atoms with Gasteiger partial charge in [0.25, 0.3) is 0 Å². The van der Waals surface area contributed by atoms with Gasteiger partial charge in [-0.1, -0.05) is 24.3 Å². The Balaban J connectivity index is 1.37. The Bertz CT molecular complexity index is 1290. The van der Waals surface area contributed by atoms with Crippen LogP contribution in [0.2, 0.25) is 0 Å². The van der Waals surface area contributed by atoms with Crippen molar-refractivity contribution in [2.24, 2.45) is 7.05 Å². The van der Waals surface area contributed by atoms with Gasteiger partial charge in [0, 0.05) is 44.9 Å². The number of rotatable bonds is 8. The quantitative estimate of drug-likeness (QED) is 0.335. The number of carbonyl (C=O) groups is 1. The molecule has 2 aliphatic heterocycles. The molecule has 37 heavy (non-hydrogen) atoms. The van der Waals surface area contributed by atoms with Gasteiger partial charge in [-0.05, 0) is 23.6 Å². The van der Waals surface area contributed by atoms with Crippen LogP contribution in [0.1, 0.15) is 45.4 Å². The second-order valence-electron chi connectivity index (χ2n) is 9.80. The number of nitrogens with zero attached hydrogens (tertiary/aromatic N) is 6. The van der Waals surface area contributed by atoms with E-state index in [0.717, 1.165) is 11.4 Å². The predicted molar refractivity (Wildman–Crippen MR) is 124 cm³/mol. The minimum atomic E-state index is -4.81. The Labute approximate surface area is 210 Å². The van der Waals surface area contributed by atoms with Crippen LogP contribution in [-0.4, -0.2) is 67.9 Å². The van der Waals surface area contributed by atoms with E-state index in [2.05, 4.69) is 20.2 Å². The van der Waals surface area contributed by atoms with E-state index >= 15 is 0 Å². The number of carbonyl (C=O) groups excluding carboxylic acids is 1. The number of ketones is 1. The second kappa shape index (κ2) is 9.90. The highest BCUT2D eigenvalue weighted by Crippen LogP contribution is 2.36. The van der Waals surface area contributed by atoms with Crippen LogP contribution in [0, 0.1) is 0 Å². The molecule has 5 rings (SSSR count). The van der Waals surface area contributed by atoms with Gasteiger partial charge < -0.3 is 9.30 Å². The average Bonchev–Trinajstić information content (AvgIpc) is 3.42. The molecule has 0 spiro atoms. The Kier molecular flexibility index (Phi) is 6.80. The summed E-state index contributed by atoms with van der Waals surface area (Å²) >= 11 is 0. The van der Waals surface area contributed by atoms with Crippen LogP contribution >= 0.6 is 0 Å². The number of hydrogen-bond acceptors (Lipinski definition) is 7. The molecular weight excluding hydrogens is 492 g/mol. The van der Waals surface area contributed by atoms with Gasteiger partial charge in [0.1, 0.15) is 24.0 Å². The lowest BCUT2D eigenvalue weighted by Crippen LogP contribution is -2.49. The molecule has 2 fully saturated rings. The van der Waals surface area contributed by atoms with E-state index in [0.29, 0.717) is 38.2 Å². The van der Waals surface area contributed by atoms with E-state index in [1.807, 2.05) is 29.8 Å². The van der Waals surface area contributed by atoms with Gasteiger partial charge in [0.2, 0.25) is 5.82 Å². The topological polar surface area (TPSA) is 86.0 Å². The smallest absolute Gasteiger partial charge is 0.379 e. The van der Waals surface area contributed by atoms with Crippen molar-refractivity contribution in [2.75, 3.05) is 26.3 Å². The molecule has 0 saturated carbocycles. The Morgan fingerprint density at radius 2 is 2.03 bits per heavy atom. The molecule has 1 aromatic carbocycles. The highest BCUT2D eigenvalue weighted by atomic mass is 19.4. The number of aryl methyl sites for hydroxylation is 1. The van der Waals surface area contributed by atoms with Crippen LogP contribution in [0.4, 0.5) is 17.6 Å². The van der Waals surface area contributed by atoms with Gasteiger partial charge in [-0.3, -0.25) is 9.69 Å². The number of benzene rings is 1. The molecule has 196 valence electrons. The van der Waals surface area contributed by atoms with Crippen molar-refractivity contribution < 1.29 is 27.1 Å². The standard InChI is InChI=1S/C25H26F4N6O2/c1-34-15-30-33-22(34)10-24(13-37-14-24)17-4-2-3-16(7-17)8-21(36)20-9-19(12-35-6-5-18(26)11-35)31-23(32-20)25(27,28)29/h2-4,7,9,15,18H,5-6,8,10-14H2,1H3/t18-/m0/s1. The van der Waals surface area contributed by atoms with Crippen molar-refractivity contribution in [1.82, 2.24) is 29.6 Å². The maximum atomic E-state index is 13.5. The number of alkyl halides is 4. The summed E-state index contributed by atoms with van der Waals surface area (Å²) in [5.74, 6) is -1.12. The molecule has 0 radical (unpaired) electrons. The molecule has 0 unspecified atom stereocenters. The summed E-state index contributed by atoms with van der Waals surface area (Å²) in [5, 5.41) is 8.10. The summed E-state index contributed by atoms with van der Waals surface area (Å²) in [6, 6.07) is 8.69. The van der Waals surface area contributed by atoms with E-state index in [1.54, 1.807) is 17.3 Å². The second-order valence-corrected chi connectivity index (χ2v) is 9.80. The molecule has 0 amide bonds. The van der Waals surface area contributed by atoms with Gasteiger partial charge in [0.05, 0.1) is 18.9 Å². The lowest BCUT2D eigenvalue weighted by molar-refractivity contribution is -0.145. The molecule has 3 aromatic rings. The summed E-state index contributed by atoms with van der Waals surface area (Å²) < 4.78 is 61.4. The third kappa shape index (κ3) is 5.54. The first-order valence-corrected chi connectivity index (χ1v) is 12.0. The third-order valence-electron chi connectivity index (χ3n) is 6.88. The number of likely N-dealkylation sites (tertiary alicyclic amines) is 1. The summed E-state index contributed by atoms with van der Waals surface area (Å²) in [6.45, 7) is 1.53. The molecular formula is C25H26F4N6O2. The van der Waals surface area contributed by atoms with Crippen LogP contribution < -0.4 is 0 Å². The highest BCUT2D eigenvalue weighted by molar-refractivity contribution is 5.95. The van der Waals surface area contributed by atoms with E-state index in [1.165, 1.54) is 6.07 Å². The van der Waals surface area contributed by atoms with Gasteiger partial charge in [-0.15, -0.1) is 10.2 Å². The normalized spacial score (nSPS) is 19.6. The first-order chi connectivity index (χ1) is 17.6. The summed E-state index contributed by atoms with van der Waals surface area (Å²) in [4.78, 5) is 21.9. The molecule has 0 bridgehead atoms. The van der Waals surface area contributed by atoms with E-state index in [-0.39, 0.29) is 36.3 Å². The van der Waals surface area contributed by atoms with Crippen molar-refractivity contribution in [2.45, 2.75) is 43.6 Å². The van der Waals surface area contributed by atoms with Crippen molar-refractivity contribution >= 4 is 5.78 Å². The molecule has 2 aromatic heterocycles. The lowest BCUT2D eigenvalue weighted by atomic mass is 9.75. The minimum Gasteiger partial charge on any atom is -0.379 e. The number of Topliss-reactive ketones (excluding diaryl/α,β-unsaturated/α-hetero) is 1. The fraction of sp³-hybridized carbons (Fsp3) is 0.480. The van der Waals surface area contributed by atoms with Crippen LogP contribution in [0.25, 0.3) is 0 Å². The molecule has 2 saturated heterocycles. The lowest BCUT2D eigenvalue weighted by Gasteiger charge is -2.42. The summed E-state index contributed by atoms with van der Waals surface area (Å²) in [5.41, 5.74) is 1.03. The van der Waals surface area contributed by atoms with Crippen molar-refractivity contribution in [3.8, 4) is 0 Å². The van der Waals surface area contributed by atoms with Crippen molar-refractivity contribution in [3.05, 3.63) is 70.8 Å². The maximum absolute atomic E-state index is 13.5. The zero-order valence-corrected chi connectivity index (χ0v) is 20.2. The number of hydrogen-bond donors (Lipinski definition) is 0. The van der Waals surface area contributed by atoms with Crippen molar-refractivity contribution in [3.63, 3.8) is 0 Å². The zero-order chi connectivity index (χ0) is 26.2. The molecule has 4 heterocycles. The van der Waals surface area contributed by atoms with Gasteiger partial charge in [0.15, 0.2) is 5.78 Å². The van der Waals surface area contributed by atoms with Gasteiger partial charge >= 0.3 is 6.18 Å². The first kappa shape index (κ1) is 25.4. The van der Waals surface area contributed by atoms with E-state index in [9.17, 15) is 22.4 Å².